The second kappa shape index (κ2) is 5.52. The molecule has 2 N–H and O–H groups in total. The molecule has 1 rings (SSSR count). The molecule has 2 atom stereocenters. The first-order chi connectivity index (χ1) is 8.40. The molecule has 0 heterocycles. The van der Waals surface area contributed by atoms with E-state index in [-0.39, 0.29) is 0 Å². The molecule has 0 aromatic heterocycles. The largest absolute Gasteiger partial charge is 0.467 e. The fraction of sp³-hybridized carbons (Fsp3) is 0.300. The van der Waals surface area contributed by atoms with Crippen LogP contribution < -0.4 is 0 Å². The Morgan fingerprint density at radius 3 is 2.61 bits per heavy atom. The third-order valence-corrected chi connectivity index (χ3v) is 2.27. The summed E-state index contributed by atoms with van der Waals surface area (Å²) >= 11 is 0. The Morgan fingerprint density at radius 2 is 2.11 bits per heavy atom. The smallest absolute Gasteiger partial charge is 0.337 e. The Balaban J connectivity index is 3.14. The Morgan fingerprint density at radius 1 is 1.50 bits per heavy atom. The molecule has 98 valence electrons. The number of carbonyl (C=O) groups is 1. The monoisotopic (exact) mass is 259 g/mol. The molecular formula is C10H10FNO6. The topological polar surface area (TPSA) is 110 Å². The number of benzene rings is 1. The molecule has 18 heavy (non-hydrogen) atoms. The highest BCUT2D eigenvalue weighted by Gasteiger charge is 2.31. The minimum Gasteiger partial charge on any atom is -0.467 e. The number of carbonyl (C=O) groups excluding carboxylic acids is 1. The molecule has 0 aliphatic heterocycles. The van der Waals surface area contributed by atoms with Crippen LogP contribution >= 0.6 is 0 Å². The number of rotatable bonds is 4. The van der Waals surface area contributed by atoms with Gasteiger partial charge in [0.1, 0.15) is 6.10 Å². The van der Waals surface area contributed by atoms with Gasteiger partial charge in [0.25, 0.3) is 0 Å². The Kier molecular flexibility index (Phi) is 4.29. The second-order valence-electron chi connectivity index (χ2n) is 3.35. The molecule has 0 saturated carbocycles. The highest BCUT2D eigenvalue weighted by atomic mass is 19.1. The number of ether oxygens (including phenoxy) is 1. The Hall–Kier alpha value is -2.06. The summed E-state index contributed by atoms with van der Waals surface area (Å²) in [6.45, 7) is 0. The molecule has 2 unspecified atom stereocenters. The van der Waals surface area contributed by atoms with Crippen molar-refractivity contribution in [2.75, 3.05) is 7.11 Å². The van der Waals surface area contributed by atoms with Crippen LogP contribution in [0.15, 0.2) is 18.2 Å². The average Bonchev–Trinajstić information content (AvgIpc) is 2.36. The van der Waals surface area contributed by atoms with E-state index in [1.807, 2.05) is 0 Å². The van der Waals surface area contributed by atoms with Gasteiger partial charge in [0.2, 0.25) is 5.82 Å². The van der Waals surface area contributed by atoms with Gasteiger partial charge in [0, 0.05) is 11.6 Å². The van der Waals surface area contributed by atoms with Gasteiger partial charge in [-0.15, -0.1) is 0 Å². The minimum absolute atomic E-state index is 0.554. The normalized spacial score (nSPS) is 13.8. The number of methoxy groups -OCH3 is 1. The molecule has 7 nitrogen and oxygen atoms in total. The SMILES string of the molecule is COC(=O)C(O)C(O)c1cccc([N+](=O)[O-])c1F. The molecule has 0 saturated heterocycles. The van der Waals surface area contributed by atoms with Crippen LogP contribution in [0.4, 0.5) is 10.1 Å². The molecule has 1 aromatic carbocycles. The first-order valence-corrected chi connectivity index (χ1v) is 4.77. The van der Waals surface area contributed by atoms with Crippen LogP contribution in [0.5, 0.6) is 0 Å². The van der Waals surface area contributed by atoms with E-state index in [1.165, 1.54) is 0 Å². The fourth-order valence-corrected chi connectivity index (χ4v) is 1.33. The lowest BCUT2D eigenvalue weighted by Crippen LogP contribution is -2.29. The van der Waals surface area contributed by atoms with Crippen LogP contribution in [-0.4, -0.2) is 34.3 Å². The van der Waals surface area contributed by atoms with Crippen LogP contribution in [0.3, 0.4) is 0 Å². The zero-order valence-corrected chi connectivity index (χ0v) is 9.24. The fourth-order valence-electron chi connectivity index (χ4n) is 1.33. The van der Waals surface area contributed by atoms with E-state index >= 15 is 0 Å². The summed E-state index contributed by atoms with van der Waals surface area (Å²) in [5.74, 6) is -2.48. The third kappa shape index (κ3) is 2.60. The maximum atomic E-state index is 13.6. The van der Waals surface area contributed by atoms with Crippen molar-refractivity contribution in [2.45, 2.75) is 12.2 Å². The summed E-state index contributed by atoms with van der Waals surface area (Å²) in [5, 5.41) is 29.4. The van der Waals surface area contributed by atoms with Gasteiger partial charge in [0.15, 0.2) is 6.10 Å². The zero-order valence-electron chi connectivity index (χ0n) is 9.24. The van der Waals surface area contributed by atoms with E-state index in [2.05, 4.69) is 4.74 Å². The predicted octanol–water partition coefficient (Wildman–Crippen LogP) is 0.301. The molecule has 1 aromatic rings. The number of nitro groups is 1. The molecule has 0 aliphatic rings. The minimum atomic E-state index is -2.02. The van der Waals surface area contributed by atoms with E-state index in [4.69, 9.17) is 0 Å². The summed E-state index contributed by atoms with van der Waals surface area (Å²) in [5.41, 5.74) is -1.41. The lowest BCUT2D eigenvalue weighted by atomic mass is 10.0. The maximum Gasteiger partial charge on any atom is 0.337 e. The molecule has 8 heteroatoms. The lowest BCUT2D eigenvalue weighted by molar-refractivity contribution is -0.387. The van der Waals surface area contributed by atoms with Crippen LogP contribution in [0.1, 0.15) is 11.7 Å². The summed E-state index contributed by atoms with van der Waals surface area (Å²) in [7, 11) is 0.974. The van der Waals surface area contributed by atoms with Crippen molar-refractivity contribution in [3.8, 4) is 0 Å². The van der Waals surface area contributed by atoms with Crippen molar-refractivity contribution in [3.05, 3.63) is 39.7 Å². The number of hydrogen-bond acceptors (Lipinski definition) is 6. The highest BCUT2D eigenvalue weighted by molar-refractivity contribution is 5.75. The molecule has 0 spiro atoms. The third-order valence-electron chi connectivity index (χ3n) is 2.27. The van der Waals surface area contributed by atoms with E-state index in [0.717, 1.165) is 25.3 Å². The van der Waals surface area contributed by atoms with Gasteiger partial charge in [-0.05, 0) is 0 Å². The number of halogens is 1. The predicted molar refractivity (Wildman–Crippen MR) is 56.0 cm³/mol. The van der Waals surface area contributed by atoms with Gasteiger partial charge in [0.05, 0.1) is 12.0 Å². The summed E-state index contributed by atoms with van der Waals surface area (Å²) < 4.78 is 17.8. The molecule has 0 aliphatic carbocycles. The number of aliphatic hydroxyl groups excluding tert-OH is 2. The molecular weight excluding hydrogens is 249 g/mol. The van der Waals surface area contributed by atoms with Gasteiger partial charge in [-0.3, -0.25) is 10.1 Å². The van der Waals surface area contributed by atoms with Crippen LogP contribution in [-0.2, 0) is 9.53 Å². The van der Waals surface area contributed by atoms with Crippen LogP contribution in [0, 0.1) is 15.9 Å². The summed E-state index contributed by atoms with van der Waals surface area (Å²) in [4.78, 5) is 20.5. The highest BCUT2D eigenvalue weighted by Crippen LogP contribution is 2.27. The van der Waals surface area contributed by atoms with Crippen molar-refractivity contribution in [1.82, 2.24) is 0 Å². The maximum absolute atomic E-state index is 13.6. The van der Waals surface area contributed by atoms with Crippen LogP contribution in [0.25, 0.3) is 0 Å². The molecule has 0 bridgehead atoms. The van der Waals surface area contributed by atoms with Crippen molar-refractivity contribution in [1.29, 1.82) is 0 Å². The molecule has 0 amide bonds. The van der Waals surface area contributed by atoms with E-state index in [1.54, 1.807) is 0 Å². The average molecular weight is 259 g/mol. The second-order valence-corrected chi connectivity index (χ2v) is 3.35. The number of aliphatic hydroxyl groups is 2. The lowest BCUT2D eigenvalue weighted by Gasteiger charge is -2.16. The quantitative estimate of drug-likeness (QED) is 0.457. The standard InChI is InChI=1S/C10H10FNO6/c1-18-10(15)9(14)8(13)5-3-2-4-6(7(5)11)12(16)17/h2-4,8-9,13-14H,1H3. The van der Waals surface area contributed by atoms with Gasteiger partial charge >= 0.3 is 11.7 Å². The van der Waals surface area contributed by atoms with Gasteiger partial charge in [-0.2, -0.15) is 4.39 Å². The number of nitrogens with zero attached hydrogens (tertiary/aromatic N) is 1. The van der Waals surface area contributed by atoms with Crippen molar-refractivity contribution < 1.29 is 29.1 Å². The first kappa shape index (κ1) is 14.0. The van der Waals surface area contributed by atoms with Gasteiger partial charge in [-0.1, -0.05) is 12.1 Å². The number of esters is 1. The van der Waals surface area contributed by atoms with Crippen molar-refractivity contribution in [3.63, 3.8) is 0 Å². The number of hydrogen-bond donors (Lipinski definition) is 2. The van der Waals surface area contributed by atoms with Crippen molar-refractivity contribution in [2.24, 2.45) is 0 Å². The van der Waals surface area contributed by atoms with E-state index < -0.39 is 40.2 Å². The molecule has 0 radical (unpaired) electrons. The van der Waals surface area contributed by atoms with Gasteiger partial charge < -0.3 is 14.9 Å². The van der Waals surface area contributed by atoms with Crippen LogP contribution in [0.2, 0.25) is 0 Å². The van der Waals surface area contributed by atoms with E-state index in [0.29, 0.717) is 0 Å². The Bertz CT molecular complexity index is 477. The zero-order chi connectivity index (χ0) is 13.9. The van der Waals surface area contributed by atoms with Crippen molar-refractivity contribution >= 4 is 11.7 Å². The summed E-state index contributed by atoms with van der Waals surface area (Å²) in [6.07, 6.45) is -3.97. The molecule has 0 fully saturated rings. The van der Waals surface area contributed by atoms with Gasteiger partial charge in [-0.25, -0.2) is 4.79 Å². The number of nitro benzene ring substituents is 1. The first-order valence-electron chi connectivity index (χ1n) is 4.77. The van der Waals surface area contributed by atoms with E-state index in [9.17, 15) is 29.5 Å². The Labute approximate surface area is 101 Å². The summed E-state index contributed by atoms with van der Waals surface area (Å²) in [6, 6.07) is 3.05.